The van der Waals surface area contributed by atoms with Crippen molar-refractivity contribution in [1.29, 1.82) is 0 Å². The Hall–Kier alpha value is -1.13. The molecule has 0 saturated heterocycles. The van der Waals surface area contributed by atoms with Gasteiger partial charge in [0.25, 0.3) is 0 Å². The molecule has 0 aliphatic carbocycles. The number of hydrogen-bond acceptors (Lipinski definition) is 4. The van der Waals surface area contributed by atoms with Gasteiger partial charge in [0.1, 0.15) is 4.34 Å². The highest BCUT2D eigenvalue weighted by molar-refractivity contribution is 8.01. The number of aromatic nitrogens is 1. The Morgan fingerprint density at radius 2 is 2.24 bits per heavy atom. The first-order valence-electron chi connectivity index (χ1n) is 5.29. The second kappa shape index (κ2) is 5.47. The van der Waals surface area contributed by atoms with Crippen LogP contribution >= 0.6 is 23.1 Å². The molecule has 1 heterocycles. The molecule has 88 valence electrons. The lowest BCUT2D eigenvalue weighted by Gasteiger charge is -2.05. The van der Waals surface area contributed by atoms with Gasteiger partial charge in [-0.3, -0.25) is 4.79 Å². The van der Waals surface area contributed by atoms with Crippen LogP contribution in [-0.2, 0) is 0 Å². The smallest absolute Gasteiger partial charge is 0.173 e. The van der Waals surface area contributed by atoms with Crippen molar-refractivity contribution in [3.63, 3.8) is 0 Å². The van der Waals surface area contributed by atoms with E-state index in [-0.39, 0.29) is 5.78 Å². The Bertz CT molecular complexity index is 520. The van der Waals surface area contributed by atoms with Gasteiger partial charge in [0.05, 0.1) is 5.75 Å². The minimum atomic E-state index is 0.173. The third kappa shape index (κ3) is 3.17. The van der Waals surface area contributed by atoms with Crippen molar-refractivity contribution >= 4 is 28.9 Å². The van der Waals surface area contributed by atoms with Crippen molar-refractivity contribution in [2.24, 2.45) is 0 Å². The zero-order valence-electron chi connectivity index (χ0n) is 9.77. The standard InChI is InChI=1S/C13H13NOS2/c1-9-3-4-10(2)11(7-9)12(15)8-17-13-14-5-6-16-13/h3-7H,8H2,1-2H3. The fourth-order valence-electron chi connectivity index (χ4n) is 1.52. The molecule has 0 fully saturated rings. The minimum absolute atomic E-state index is 0.173. The number of rotatable bonds is 4. The monoisotopic (exact) mass is 263 g/mol. The molecule has 0 spiro atoms. The van der Waals surface area contributed by atoms with Gasteiger partial charge in [-0.1, -0.05) is 29.5 Å². The fraction of sp³-hybridized carbons (Fsp3) is 0.231. The van der Waals surface area contributed by atoms with Gasteiger partial charge in [-0.25, -0.2) is 4.98 Å². The molecular formula is C13H13NOS2. The van der Waals surface area contributed by atoms with Gasteiger partial charge in [0.2, 0.25) is 0 Å². The average Bonchev–Trinajstić information content (AvgIpc) is 2.82. The lowest BCUT2D eigenvalue weighted by molar-refractivity contribution is 0.102. The lowest BCUT2D eigenvalue weighted by Crippen LogP contribution is -2.05. The van der Waals surface area contributed by atoms with E-state index in [4.69, 9.17) is 0 Å². The van der Waals surface area contributed by atoms with Crippen LogP contribution in [0.2, 0.25) is 0 Å². The molecule has 4 heteroatoms. The molecular weight excluding hydrogens is 250 g/mol. The Balaban J connectivity index is 2.07. The van der Waals surface area contributed by atoms with Crippen LogP contribution in [0.3, 0.4) is 0 Å². The highest BCUT2D eigenvalue weighted by Gasteiger charge is 2.10. The van der Waals surface area contributed by atoms with Crippen LogP contribution in [-0.4, -0.2) is 16.5 Å². The summed E-state index contributed by atoms with van der Waals surface area (Å²) < 4.78 is 0.948. The van der Waals surface area contributed by atoms with Gasteiger partial charge in [-0.2, -0.15) is 0 Å². The van der Waals surface area contributed by atoms with Crippen molar-refractivity contribution in [1.82, 2.24) is 4.98 Å². The van der Waals surface area contributed by atoms with Crippen LogP contribution in [0.4, 0.5) is 0 Å². The van der Waals surface area contributed by atoms with Gasteiger partial charge in [0.15, 0.2) is 5.78 Å². The minimum Gasteiger partial charge on any atom is -0.293 e. The van der Waals surface area contributed by atoms with E-state index < -0.39 is 0 Å². The van der Waals surface area contributed by atoms with E-state index in [2.05, 4.69) is 4.98 Å². The predicted octanol–water partition coefficient (Wildman–Crippen LogP) is 3.73. The molecule has 1 aromatic heterocycles. The number of nitrogens with zero attached hydrogens (tertiary/aromatic N) is 1. The Morgan fingerprint density at radius 3 is 2.94 bits per heavy atom. The largest absolute Gasteiger partial charge is 0.293 e. The number of thioether (sulfide) groups is 1. The summed E-state index contributed by atoms with van der Waals surface area (Å²) in [6.07, 6.45) is 1.76. The number of aryl methyl sites for hydroxylation is 2. The molecule has 0 saturated carbocycles. The molecule has 2 nitrogen and oxygen atoms in total. The van der Waals surface area contributed by atoms with Crippen molar-refractivity contribution in [3.05, 3.63) is 46.5 Å². The van der Waals surface area contributed by atoms with E-state index in [1.807, 2.05) is 37.4 Å². The first-order chi connectivity index (χ1) is 8.16. The SMILES string of the molecule is Cc1ccc(C)c(C(=O)CSc2nccs2)c1. The normalized spacial score (nSPS) is 10.5. The summed E-state index contributed by atoms with van der Waals surface area (Å²) >= 11 is 3.07. The number of carbonyl (C=O) groups is 1. The number of hydrogen-bond donors (Lipinski definition) is 0. The molecule has 1 aromatic carbocycles. The predicted molar refractivity (Wildman–Crippen MR) is 73.1 cm³/mol. The van der Waals surface area contributed by atoms with E-state index in [0.29, 0.717) is 5.75 Å². The summed E-state index contributed by atoms with van der Waals surface area (Å²) in [5.41, 5.74) is 2.99. The highest BCUT2D eigenvalue weighted by Crippen LogP contribution is 2.22. The quantitative estimate of drug-likeness (QED) is 0.622. The summed E-state index contributed by atoms with van der Waals surface area (Å²) in [6.45, 7) is 3.98. The van der Waals surface area contributed by atoms with E-state index in [1.165, 1.54) is 11.8 Å². The van der Waals surface area contributed by atoms with Gasteiger partial charge >= 0.3 is 0 Å². The van der Waals surface area contributed by atoms with E-state index >= 15 is 0 Å². The van der Waals surface area contributed by atoms with E-state index in [0.717, 1.165) is 21.0 Å². The summed E-state index contributed by atoms with van der Waals surface area (Å²) in [5, 5.41) is 1.92. The topological polar surface area (TPSA) is 30.0 Å². The van der Waals surface area contributed by atoms with Crippen molar-refractivity contribution in [2.45, 2.75) is 18.2 Å². The van der Waals surface area contributed by atoms with Crippen LogP contribution in [0, 0.1) is 13.8 Å². The lowest BCUT2D eigenvalue weighted by atomic mass is 10.0. The number of Topliss-reactive ketones (excluding diaryl/α,β-unsaturated/α-hetero) is 1. The van der Waals surface area contributed by atoms with Crippen LogP contribution < -0.4 is 0 Å². The number of benzene rings is 1. The molecule has 0 radical (unpaired) electrons. The zero-order chi connectivity index (χ0) is 12.3. The van der Waals surface area contributed by atoms with Crippen LogP contribution in [0.5, 0.6) is 0 Å². The fourth-order valence-corrected chi connectivity index (χ4v) is 3.04. The van der Waals surface area contributed by atoms with Gasteiger partial charge in [-0.05, 0) is 25.5 Å². The van der Waals surface area contributed by atoms with Crippen LogP contribution in [0.15, 0.2) is 34.1 Å². The third-order valence-corrected chi connectivity index (χ3v) is 4.40. The number of ketones is 1. The molecule has 17 heavy (non-hydrogen) atoms. The summed E-state index contributed by atoms with van der Waals surface area (Å²) in [6, 6.07) is 5.98. The number of thiazole rings is 1. The molecule has 0 N–H and O–H groups in total. The molecule has 2 aromatic rings. The van der Waals surface area contributed by atoms with Crippen molar-refractivity contribution in [2.75, 3.05) is 5.75 Å². The molecule has 0 aliphatic heterocycles. The van der Waals surface area contributed by atoms with Crippen LogP contribution in [0.1, 0.15) is 21.5 Å². The molecule has 2 rings (SSSR count). The van der Waals surface area contributed by atoms with E-state index in [1.54, 1.807) is 17.5 Å². The summed E-state index contributed by atoms with van der Waals surface area (Å²) in [5.74, 6) is 0.629. The van der Waals surface area contributed by atoms with Gasteiger partial charge in [-0.15, -0.1) is 11.3 Å². The molecule has 0 atom stereocenters. The average molecular weight is 263 g/mol. The molecule has 0 amide bonds. The zero-order valence-corrected chi connectivity index (χ0v) is 11.4. The van der Waals surface area contributed by atoms with Crippen LogP contribution in [0.25, 0.3) is 0 Å². The summed E-state index contributed by atoms with van der Waals surface area (Å²) in [7, 11) is 0. The van der Waals surface area contributed by atoms with Gasteiger partial charge < -0.3 is 0 Å². The first-order valence-corrected chi connectivity index (χ1v) is 7.16. The maximum Gasteiger partial charge on any atom is 0.173 e. The second-order valence-corrected chi connectivity index (χ2v) is 5.95. The Kier molecular flexibility index (Phi) is 3.97. The number of carbonyl (C=O) groups excluding carboxylic acids is 1. The Morgan fingerprint density at radius 1 is 1.41 bits per heavy atom. The first kappa shape index (κ1) is 12.3. The summed E-state index contributed by atoms with van der Waals surface area (Å²) in [4.78, 5) is 16.2. The maximum absolute atomic E-state index is 12.1. The second-order valence-electron chi connectivity index (χ2n) is 3.83. The van der Waals surface area contributed by atoms with E-state index in [9.17, 15) is 4.79 Å². The molecule has 0 bridgehead atoms. The highest BCUT2D eigenvalue weighted by atomic mass is 32.2. The maximum atomic E-state index is 12.1. The Labute approximate surface area is 109 Å². The van der Waals surface area contributed by atoms with Crippen molar-refractivity contribution < 1.29 is 4.79 Å². The molecule has 0 unspecified atom stereocenters. The van der Waals surface area contributed by atoms with Gasteiger partial charge in [0, 0.05) is 17.1 Å². The third-order valence-electron chi connectivity index (χ3n) is 2.43. The van der Waals surface area contributed by atoms with Crippen molar-refractivity contribution in [3.8, 4) is 0 Å². The molecule has 0 aliphatic rings.